The Balaban J connectivity index is 2.08. The van der Waals surface area contributed by atoms with E-state index in [0.29, 0.717) is 0 Å². The van der Waals surface area contributed by atoms with Crippen LogP contribution in [0.15, 0.2) is 0 Å². The Kier molecular flexibility index (Phi) is 1.03. The van der Waals surface area contributed by atoms with Gasteiger partial charge in [0.1, 0.15) is 0 Å². The van der Waals surface area contributed by atoms with Gasteiger partial charge in [-0.25, -0.2) is 5.48 Å². The first kappa shape index (κ1) is 3.33. The average Bonchev–Trinajstić information content (AvgIpc) is 1.76. The fourth-order valence-corrected chi connectivity index (χ4v) is 1.08. The zero-order valence-corrected chi connectivity index (χ0v) is 4.44. The zero-order valence-electron chi connectivity index (χ0n) is 3.03. The van der Waals surface area contributed by atoms with E-state index in [-0.39, 0.29) is 9.76 Å². The largest absolute Gasteiger partial charge is 0.353 e. The maximum absolute atomic E-state index is 4.83. The standard InChI is InChI=1S/C2H7NOSi/c1-2-5-4-3-1/h3H,1-2,5H2. The first-order valence-corrected chi connectivity index (χ1v) is 3.42. The Morgan fingerprint density at radius 3 is 3.00 bits per heavy atom. The molecule has 1 saturated heterocycles. The van der Waals surface area contributed by atoms with Gasteiger partial charge >= 0.3 is 0 Å². The summed E-state index contributed by atoms with van der Waals surface area (Å²) >= 11 is 0. The van der Waals surface area contributed by atoms with E-state index in [9.17, 15) is 0 Å². The molecule has 3 heteroatoms. The van der Waals surface area contributed by atoms with Crippen LogP contribution in [0.3, 0.4) is 0 Å². The van der Waals surface area contributed by atoms with Crippen molar-refractivity contribution >= 4 is 9.76 Å². The van der Waals surface area contributed by atoms with Crippen molar-refractivity contribution in [2.24, 2.45) is 0 Å². The van der Waals surface area contributed by atoms with Crippen LogP contribution in [0.5, 0.6) is 0 Å². The highest BCUT2D eigenvalue weighted by Crippen LogP contribution is 1.82. The fourth-order valence-electron chi connectivity index (χ4n) is 0.361. The molecule has 30 valence electrons. The van der Waals surface area contributed by atoms with Gasteiger partial charge in [-0.3, -0.25) is 0 Å². The second-order valence-corrected chi connectivity index (χ2v) is 2.50. The molecule has 1 fully saturated rings. The van der Waals surface area contributed by atoms with E-state index in [1.807, 2.05) is 0 Å². The molecular formula is C2H7NOSi. The van der Waals surface area contributed by atoms with E-state index in [1.54, 1.807) is 0 Å². The second kappa shape index (κ2) is 1.54. The zero-order chi connectivity index (χ0) is 3.54. The van der Waals surface area contributed by atoms with Gasteiger partial charge in [0.2, 0.25) is 0 Å². The highest BCUT2D eigenvalue weighted by molar-refractivity contribution is 6.27. The summed E-state index contributed by atoms with van der Waals surface area (Å²) in [5.74, 6) is 0. The Bertz CT molecular complexity index is 21.2. The molecule has 0 saturated carbocycles. The molecule has 0 unspecified atom stereocenters. The Morgan fingerprint density at radius 2 is 2.80 bits per heavy atom. The summed E-state index contributed by atoms with van der Waals surface area (Å²) < 4.78 is 4.83. The SMILES string of the molecule is C1C[SiH2]ON1. The number of hydrogen-bond acceptors (Lipinski definition) is 2. The van der Waals surface area contributed by atoms with Crippen molar-refractivity contribution in [3.63, 3.8) is 0 Å². The molecule has 0 aromatic rings. The predicted octanol–water partition coefficient (Wildman–Crippen LogP) is -0.977. The summed E-state index contributed by atoms with van der Waals surface area (Å²) in [5, 5.41) is 0. The highest BCUT2D eigenvalue weighted by Gasteiger charge is 1.94. The van der Waals surface area contributed by atoms with Crippen LogP contribution in [-0.2, 0) is 4.53 Å². The van der Waals surface area contributed by atoms with Gasteiger partial charge in [0, 0.05) is 6.54 Å². The molecule has 0 aliphatic carbocycles. The monoisotopic (exact) mass is 89.0 g/mol. The molecule has 0 bridgehead atoms. The van der Waals surface area contributed by atoms with Crippen LogP contribution in [0.2, 0.25) is 6.04 Å². The number of hydrogen-bond donors (Lipinski definition) is 1. The van der Waals surface area contributed by atoms with Crippen molar-refractivity contribution in [1.29, 1.82) is 0 Å². The second-order valence-electron chi connectivity index (χ2n) is 1.10. The molecule has 0 radical (unpaired) electrons. The maximum atomic E-state index is 4.83. The van der Waals surface area contributed by atoms with E-state index in [1.165, 1.54) is 6.04 Å². The van der Waals surface area contributed by atoms with Crippen LogP contribution in [0.25, 0.3) is 0 Å². The minimum Gasteiger partial charge on any atom is -0.353 e. The van der Waals surface area contributed by atoms with E-state index < -0.39 is 0 Å². The summed E-state index contributed by atoms with van der Waals surface area (Å²) in [6.45, 7) is 1.09. The molecule has 0 aromatic carbocycles. The topological polar surface area (TPSA) is 21.3 Å². The normalized spacial score (nSPS) is 28.8. The maximum Gasteiger partial charge on any atom is 0.191 e. The van der Waals surface area contributed by atoms with Crippen molar-refractivity contribution < 1.29 is 4.53 Å². The molecular weight excluding hydrogens is 82.1 g/mol. The highest BCUT2D eigenvalue weighted by atomic mass is 28.2. The van der Waals surface area contributed by atoms with Crippen LogP contribution in [-0.4, -0.2) is 16.3 Å². The van der Waals surface area contributed by atoms with Gasteiger partial charge in [-0.05, 0) is 6.04 Å². The first-order valence-electron chi connectivity index (χ1n) is 1.85. The van der Waals surface area contributed by atoms with Gasteiger partial charge in [0.25, 0.3) is 0 Å². The molecule has 2 nitrogen and oxygen atoms in total. The molecule has 1 aliphatic heterocycles. The Hall–Kier alpha value is 0.137. The van der Waals surface area contributed by atoms with Crippen molar-refractivity contribution in [2.45, 2.75) is 6.04 Å². The lowest BCUT2D eigenvalue weighted by Gasteiger charge is -1.81. The molecule has 0 aromatic heterocycles. The molecule has 1 N–H and O–H groups in total. The fraction of sp³-hybridized carbons (Fsp3) is 1.00. The molecule has 1 heterocycles. The minimum absolute atomic E-state index is 0.0679. The lowest BCUT2D eigenvalue weighted by Crippen LogP contribution is -2.02. The third-order valence-corrected chi connectivity index (χ3v) is 1.68. The van der Waals surface area contributed by atoms with Crippen LogP contribution in [0.4, 0.5) is 0 Å². The van der Waals surface area contributed by atoms with Crippen molar-refractivity contribution in [1.82, 2.24) is 5.48 Å². The number of nitrogens with one attached hydrogen (secondary N) is 1. The number of rotatable bonds is 0. The summed E-state index contributed by atoms with van der Waals surface area (Å²) in [7, 11) is -0.0679. The summed E-state index contributed by atoms with van der Waals surface area (Å²) in [4.78, 5) is 0. The Labute approximate surface area is 33.4 Å². The molecule has 0 atom stereocenters. The van der Waals surface area contributed by atoms with Crippen molar-refractivity contribution in [2.75, 3.05) is 6.54 Å². The third kappa shape index (κ3) is 0.716. The molecule has 0 spiro atoms. The average molecular weight is 89.2 g/mol. The van der Waals surface area contributed by atoms with Gasteiger partial charge in [-0.2, -0.15) is 0 Å². The van der Waals surface area contributed by atoms with E-state index in [2.05, 4.69) is 5.48 Å². The molecule has 5 heavy (non-hydrogen) atoms. The molecule has 0 amide bonds. The smallest absolute Gasteiger partial charge is 0.191 e. The third-order valence-electron chi connectivity index (χ3n) is 0.627. The summed E-state index contributed by atoms with van der Waals surface area (Å²) in [6.07, 6.45) is 0. The van der Waals surface area contributed by atoms with Gasteiger partial charge < -0.3 is 4.53 Å². The lowest BCUT2D eigenvalue weighted by atomic mass is 10.8. The first-order chi connectivity index (χ1) is 2.50. The van der Waals surface area contributed by atoms with E-state index in [0.717, 1.165) is 6.54 Å². The van der Waals surface area contributed by atoms with Crippen LogP contribution < -0.4 is 5.48 Å². The van der Waals surface area contributed by atoms with Gasteiger partial charge in [0.05, 0.1) is 0 Å². The van der Waals surface area contributed by atoms with Gasteiger partial charge in [0.15, 0.2) is 9.76 Å². The predicted molar refractivity (Wildman–Crippen MR) is 22.4 cm³/mol. The van der Waals surface area contributed by atoms with Crippen LogP contribution >= 0.6 is 0 Å². The molecule has 1 rings (SSSR count). The van der Waals surface area contributed by atoms with Gasteiger partial charge in [-0.1, -0.05) is 0 Å². The Morgan fingerprint density at radius 1 is 1.80 bits per heavy atom. The quantitative estimate of drug-likeness (QED) is 0.385. The number of hydroxylamine groups is 1. The lowest BCUT2D eigenvalue weighted by molar-refractivity contribution is 0.246. The summed E-state index contributed by atoms with van der Waals surface area (Å²) in [6, 6.07) is 1.31. The van der Waals surface area contributed by atoms with Crippen molar-refractivity contribution in [3.05, 3.63) is 0 Å². The van der Waals surface area contributed by atoms with Gasteiger partial charge in [-0.15, -0.1) is 0 Å². The van der Waals surface area contributed by atoms with E-state index in [4.69, 9.17) is 4.53 Å². The van der Waals surface area contributed by atoms with Crippen molar-refractivity contribution in [3.8, 4) is 0 Å². The summed E-state index contributed by atoms with van der Waals surface area (Å²) in [5.41, 5.74) is 2.78. The van der Waals surface area contributed by atoms with Crippen LogP contribution in [0, 0.1) is 0 Å². The van der Waals surface area contributed by atoms with Crippen LogP contribution in [0.1, 0.15) is 0 Å². The molecule has 1 aliphatic rings. The minimum atomic E-state index is -0.0679. The van der Waals surface area contributed by atoms with E-state index >= 15 is 0 Å².